The van der Waals surface area contributed by atoms with Gasteiger partial charge in [0.15, 0.2) is 0 Å². The van der Waals surface area contributed by atoms with Gasteiger partial charge in [-0.15, -0.1) is 0 Å². The van der Waals surface area contributed by atoms with Gasteiger partial charge in [0, 0.05) is 18.9 Å². The van der Waals surface area contributed by atoms with Crippen molar-refractivity contribution >= 4 is 5.78 Å². The molecule has 0 aromatic rings. The zero-order valence-electron chi connectivity index (χ0n) is 22.7. The van der Waals surface area contributed by atoms with Crippen LogP contribution in [0.5, 0.6) is 0 Å². The van der Waals surface area contributed by atoms with Gasteiger partial charge in [0.2, 0.25) is 0 Å². The summed E-state index contributed by atoms with van der Waals surface area (Å²) in [6.45, 7) is 20.3. The molecule has 0 aromatic heterocycles. The summed E-state index contributed by atoms with van der Waals surface area (Å²) < 4.78 is 5.92. The predicted octanol–water partition coefficient (Wildman–Crippen LogP) is 7.86. The number of hydrogen-bond acceptors (Lipinski definition) is 2. The number of ether oxygens (including phenoxy) is 1. The molecule has 2 heteroatoms. The molecule has 33 heavy (non-hydrogen) atoms. The molecule has 5 saturated carbocycles. The first-order chi connectivity index (χ1) is 15.4. The van der Waals surface area contributed by atoms with Crippen LogP contribution in [0.15, 0.2) is 12.2 Å². The summed E-state index contributed by atoms with van der Waals surface area (Å²) in [5.74, 6) is 4.01. The normalized spacial score (nSPS) is 52.9. The average Bonchev–Trinajstić information content (AvgIpc) is 3.12. The number of Topliss-reactive ketones (excluding diaryl/α,β-unsaturated/α-hetero) is 1. The van der Waals surface area contributed by atoms with E-state index in [1.165, 1.54) is 56.9 Å². The first-order valence-corrected chi connectivity index (χ1v) is 14.0. The number of carbonyl (C=O) groups excluding carboxylic acids is 1. The molecular weight excluding hydrogens is 404 g/mol. The lowest BCUT2D eigenvalue weighted by molar-refractivity contribution is -0.236. The number of rotatable bonds is 3. The Hall–Kier alpha value is -0.630. The molecule has 0 unspecified atom stereocenters. The van der Waals surface area contributed by atoms with Crippen LogP contribution >= 0.6 is 0 Å². The molecule has 2 nitrogen and oxygen atoms in total. The number of fused-ring (bicyclic) bond motifs is 7. The Morgan fingerprint density at radius 1 is 0.909 bits per heavy atom. The van der Waals surface area contributed by atoms with Crippen molar-refractivity contribution < 1.29 is 9.53 Å². The first-order valence-electron chi connectivity index (χ1n) is 14.0. The van der Waals surface area contributed by atoms with Crippen LogP contribution in [0.1, 0.15) is 106 Å². The Bertz CT molecular complexity index is 842. The van der Waals surface area contributed by atoms with Gasteiger partial charge in [0.1, 0.15) is 5.78 Å². The standard InChI is InChI=1S/C31H50O2/c1-20(2)21-11-16-31(19-33-8)18-17-29(6)22(26(21)31)9-10-24-28(5)14-13-25(32)27(3,4)23(28)12-15-30(24,29)7/h21-24,26H,1,9-19H2,2-8H3/t21-,22+,23-,24+,26+,28-,29+,30+,31+/m0/s1. The summed E-state index contributed by atoms with van der Waals surface area (Å²) in [6.07, 6.45) is 12.5. The molecule has 5 aliphatic carbocycles. The number of methoxy groups -OCH3 is 1. The van der Waals surface area contributed by atoms with E-state index in [1.54, 1.807) is 0 Å². The van der Waals surface area contributed by atoms with Crippen LogP contribution in [-0.4, -0.2) is 19.5 Å². The smallest absolute Gasteiger partial charge is 0.138 e. The maximum Gasteiger partial charge on any atom is 0.138 e. The molecule has 0 heterocycles. The van der Waals surface area contributed by atoms with Gasteiger partial charge in [-0.3, -0.25) is 4.79 Å². The first kappa shape index (κ1) is 24.1. The number of ketones is 1. The third-order valence-corrected chi connectivity index (χ3v) is 13.4. The zero-order chi connectivity index (χ0) is 24.0. The van der Waals surface area contributed by atoms with Gasteiger partial charge >= 0.3 is 0 Å². The molecule has 0 bridgehead atoms. The van der Waals surface area contributed by atoms with E-state index >= 15 is 0 Å². The van der Waals surface area contributed by atoms with Crippen molar-refractivity contribution in [2.24, 2.45) is 56.7 Å². The summed E-state index contributed by atoms with van der Waals surface area (Å²) in [7, 11) is 1.92. The van der Waals surface area contributed by atoms with Crippen LogP contribution in [0.3, 0.4) is 0 Å². The summed E-state index contributed by atoms with van der Waals surface area (Å²) in [5, 5.41) is 0. The Morgan fingerprint density at radius 3 is 2.30 bits per heavy atom. The quantitative estimate of drug-likeness (QED) is 0.406. The number of hydrogen-bond donors (Lipinski definition) is 0. The van der Waals surface area contributed by atoms with Crippen LogP contribution in [0.4, 0.5) is 0 Å². The molecule has 0 saturated heterocycles. The monoisotopic (exact) mass is 454 g/mol. The van der Waals surface area contributed by atoms with E-state index in [4.69, 9.17) is 4.74 Å². The largest absolute Gasteiger partial charge is 0.384 e. The molecule has 5 aliphatic rings. The van der Waals surface area contributed by atoms with Crippen molar-refractivity contribution in [3.63, 3.8) is 0 Å². The van der Waals surface area contributed by atoms with Gasteiger partial charge in [0.25, 0.3) is 0 Å². The van der Waals surface area contributed by atoms with Gasteiger partial charge in [-0.1, -0.05) is 46.8 Å². The Kier molecular flexibility index (Phi) is 5.43. The van der Waals surface area contributed by atoms with Crippen molar-refractivity contribution in [3.05, 3.63) is 12.2 Å². The summed E-state index contributed by atoms with van der Waals surface area (Å²) in [4.78, 5) is 12.9. The second kappa shape index (κ2) is 7.44. The number of allylic oxidation sites excluding steroid dienone is 1. The van der Waals surface area contributed by atoms with Gasteiger partial charge < -0.3 is 4.74 Å². The fourth-order valence-electron chi connectivity index (χ4n) is 11.6. The molecule has 0 spiro atoms. The highest BCUT2D eigenvalue weighted by molar-refractivity contribution is 5.85. The highest BCUT2D eigenvalue weighted by Crippen LogP contribution is 2.77. The molecule has 5 fully saturated rings. The fourth-order valence-corrected chi connectivity index (χ4v) is 11.6. The highest BCUT2D eigenvalue weighted by Gasteiger charge is 2.70. The van der Waals surface area contributed by atoms with E-state index in [0.29, 0.717) is 39.3 Å². The summed E-state index contributed by atoms with van der Waals surface area (Å²) in [6, 6.07) is 0. The third-order valence-electron chi connectivity index (χ3n) is 13.4. The van der Waals surface area contributed by atoms with Crippen molar-refractivity contribution in [3.8, 4) is 0 Å². The minimum atomic E-state index is -0.150. The third kappa shape index (κ3) is 2.91. The molecule has 0 amide bonds. The predicted molar refractivity (Wildman–Crippen MR) is 136 cm³/mol. The van der Waals surface area contributed by atoms with E-state index in [0.717, 1.165) is 37.2 Å². The Labute approximate surface area is 203 Å². The highest BCUT2D eigenvalue weighted by atomic mass is 16.5. The van der Waals surface area contributed by atoms with E-state index in [-0.39, 0.29) is 5.41 Å². The second-order valence-electron chi connectivity index (χ2n) is 14.6. The molecule has 186 valence electrons. The molecule has 5 rings (SSSR count). The SMILES string of the molecule is C=C(C)[C@@H]1CC[C@]2(COC)CC[C@]3(C)[C@H](CC[C@@H]4[C@@]5(C)CCC(=O)C(C)(C)[C@@H]5CC[C@]43C)[C@@H]12. The maximum absolute atomic E-state index is 12.9. The molecule has 0 radical (unpaired) electrons. The Balaban J connectivity index is 1.55. The van der Waals surface area contributed by atoms with Crippen molar-refractivity contribution in [2.75, 3.05) is 13.7 Å². The molecule has 9 atom stereocenters. The fraction of sp³-hybridized carbons (Fsp3) is 0.903. The van der Waals surface area contributed by atoms with Crippen LogP contribution in [0.2, 0.25) is 0 Å². The lowest BCUT2D eigenvalue weighted by Crippen LogP contribution is -2.66. The zero-order valence-corrected chi connectivity index (χ0v) is 22.7. The van der Waals surface area contributed by atoms with Gasteiger partial charge in [-0.05, 0) is 116 Å². The van der Waals surface area contributed by atoms with E-state index in [2.05, 4.69) is 48.1 Å². The van der Waals surface area contributed by atoms with Gasteiger partial charge in [-0.25, -0.2) is 0 Å². The van der Waals surface area contributed by atoms with Crippen LogP contribution in [0, 0.1) is 56.7 Å². The maximum atomic E-state index is 12.9. The van der Waals surface area contributed by atoms with Gasteiger partial charge in [-0.2, -0.15) is 0 Å². The molecular formula is C31H50O2. The van der Waals surface area contributed by atoms with Crippen LogP contribution in [0.25, 0.3) is 0 Å². The minimum Gasteiger partial charge on any atom is -0.384 e. The van der Waals surface area contributed by atoms with Crippen molar-refractivity contribution in [1.82, 2.24) is 0 Å². The lowest BCUT2D eigenvalue weighted by atomic mass is 9.32. The van der Waals surface area contributed by atoms with E-state index < -0.39 is 0 Å². The average molecular weight is 455 g/mol. The topological polar surface area (TPSA) is 26.3 Å². The molecule has 0 aliphatic heterocycles. The molecule has 0 N–H and O–H groups in total. The summed E-state index contributed by atoms with van der Waals surface area (Å²) >= 11 is 0. The van der Waals surface area contributed by atoms with Crippen LogP contribution < -0.4 is 0 Å². The van der Waals surface area contributed by atoms with Crippen molar-refractivity contribution in [2.45, 2.75) is 106 Å². The lowest BCUT2D eigenvalue weighted by Gasteiger charge is -2.72. The minimum absolute atomic E-state index is 0.150. The number of carbonyl (C=O) groups is 1. The Morgan fingerprint density at radius 2 is 1.64 bits per heavy atom. The van der Waals surface area contributed by atoms with Crippen LogP contribution in [-0.2, 0) is 9.53 Å². The molecule has 0 aromatic carbocycles. The van der Waals surface area contributed by atoms with E-state index in [1.807, 2.05) is 7.11 Å². The van der Waals surface area contributed by atoms with E-state index in [9.17, 15) is 4.79 Å². The second-order valence-corrected chi connectivity index (χ2v) is 14.6. The summed E-state index contributed by atoms with van der Waals surface area (Å²) in [5.41, 5.74) is 2.70. The van der Waals surface area contributed by atoms with Crippen molar-refractivity contribution in [1.29, 1.82) is 0 Å². The van der Waals surface area contributed by atoms with Gasteiger partial charge in [0.05, 0.1) is 6.61 Å².